The second-order valence-electron chi connectivity index (χ2n) is 4.16. The van der Waals surface area contributed by atoms with Crippen molar-refractivity contribution in [3.63, 3.8) is 0 Å². The van der Waals surface area contributed by atoms with Gasteiger partial charge in [0.1, 0.15) is 17.2 Å². The van der Waals surface area contributed by atoms with Crippen molar-refractivity contribution in [1.82, 2.24) is 19.7 Å². The van der Waals surface area contributed by atoms with Gasteiger partial charge in [0.05, 0.1) is 23.0 Å². The van der Waals surface area contributed by atoms with Gasteiger partial charge in [0, 0.05) is 0 Å². The number of hydrogen-bond acceptors (Lipinski definition) is 4. The van der Waals surface area contributed by atoms with Crippen LogP contribution in [0, 0.1) is 17.7 Å². The fourth-order valence-electron chi connectivity index (χ4n) is 1.89. The van der Waals surface area contributed by atoms with Crippen LogP contribution in [0.3, 0.4) is 0 Å². The SMILES string of the molecule is CC#CCSc1ncnc2c1cnn2-c1ccc(F)cc1. The van der Waals surface area contributed by atoms with Crippen LogP contribution in [0.2, 0.25) is 0 Å². The molecule has 0 aliphatic carbocycles. The third kappa shape index (κ3) is 2.73. The van der Waals surface area contributed by atoms with Crippen molar-refractivity contribution in [3.8, 4) is 17.5 Å². The molecule has 3 rings (SSSR count). The van der Waals surface area contributed by atoms with Gasteiger partial charge in [-0.1, -0.05) is 17.7 Å². The fraction of sp³-hybridized carbons (Fsp3) is 0.133. The Morgan fingerprint density at radius 1 is 1.24 bits per heavy atom. The van der Waals surface area contributed by atoms with Gasteiger partial charge in [0.2, 0.25) is 0 Å². The molecule has 0 bridgehead atoms. The monoisotopic (exact) mass is 298 g/mol. The maximum absolute atomic E-state index is 13.0. The number of halogens is 1. The highest BCUT2D eigenvalue weighted by Crippen LogP contribution is 2.25. The van der Waals surface area contributed by atoms with Gasteiger partial charge in [0.15, 0.2) is 5.65 Å². The lowest BCUT2D eigenvalue weighted by Crippen LogP contribution is -1.98. The molecule has 0 saturated heterocycles. The second kappa shape index (κ2) is 5.94. The first-order valence-electron chi connectivity index (χ1n) is 6.26. The van der Waals surface area contributed by atoms with Crippen molar-refractivity contribution in [2.24, 2.45) is 0 Å². The van der Waals surface area contributed by atoms with Crippen molar-refractivity contribution >= 4 is 22.8 Å². The highest BCUT2D eigenvalue weighted by Gasteiger charge is 2.11. The van der Waals surface area contributed by atoms with Crippen LogP contribution in [0.5, 0.6) is 0 Å². The zero-order chi connectivity index (χ0) is 14.7. The lowest BCUT2D eigenvalue weighted by Gasteiger charge is -2.03. The Morgan fingerprint density at radius 3 is 2.81 bits per heavy atom. The van der Waals surface area contributed by atoms with Gasteiger partial charge in [-0.25, -0.2) is 19.0 Å². The third-order valence-electron chi connectivity index (χ3n) is 2.86. The summed E-state index contributed by atoms with van der Waals surface area (Å²) in [6.45, 7) is 1.81. The van der Waals surface area contributed by atoms with Gasteiger partial charge >= 0.3 is 0 Å². The molecule has 0 aliphatic heterocycles. The van der Waals surface area contributed by atoms with Crippen LogP contribution >= 0.6 is 11.8 Å². The van der Waals surface area contributed by atoms with Crippen molar-refractivity contribution in [3.05, 3.63) is 42.6 Å². The third-order valence-corrected chi connectivity index (χ3v) is 3.75. The number of benzene rings is 1. The predicted octanol–water partition coefficient (Wildman–Crippen LogP) is 3.07. The lowest BCUT2D eigenvalue weighted by atomic mass is 10.3. The first-order chi connectivity index (χ1) is 10.3. The average molecular weight is 298 g/mol. The summed E-state index contributed by atoms with van der Waals surface area (Å²) < 4.78 is 14.7. The maximum atomic E-state index is 13.0. The number of rotatable bonds is 3. The van der Waals surface area contributed by atoms with Crippen LogP contribution in [-0.4, -0.2) is 25.5 Å². The van der Waals surface area contributed by atoms with Gasteiger partial charge in [-0.2, -0.15) is 5.10 Å². The first kappa shape index (κ1) is 13.6. The van der Waals surface area contributed by atoms with Gasteiger partial charge in [-0.15, -0.1) is 5.92 Å². The van der Waals surface area contributed by atoms with E-state index in [1.807, 2.05) is 6.92 Å². The zero-order valence-corrected chi connectivity index (χ0v) is 12.1. The molecular formula is C15H11FN4S. The zero-order valence-electron chi connectivity index (χ0n) is 11.2. The topological polar surface area (TPSA) is 43.6 Å². The standard InChI is InChI=1S/C15H11FN4S/c1-2-3-8-21-15-13-9-19-20(14(13)17-10-18-15)12-6-4-11(16)5-7-12/h4-7,9-10H,8H2,1H3. The van der Waals surface area contributed by atoms with E-state index in [1.165, 1.54) is 18.5 Å². The van der Waals surface area contributed by atoms with Crippen LogP contribution < -0.4 is 0 Å². The molecule has 0 amide bonds. The first-order valence-corrected chi connectivity index (χ1v) is 7.25. The van der Waals surface area contributed by atoms with Crippen molar-refractivity contribution in [2.75, 3.05) is 5.75 Å². The second-order valence-corrected chi connectivity index (χ2v) is 5.13. The molecule has 2 heterocycles. The Kier molecular flexibility index (Phi) is 3.84. The molecule has 0 N–H and O–H groups in total. The lowest BCUT2D eigenvalue weighted by molar-refractivity contribution is 0.627. The molecule has 1 aromatic carbocycles. The molecular weight excluding hydrogens is 287 g/mol. The predicted molar refractivity (Wildman–Crippen MR) is 80.8 cm³/mol. The van der Waals surface area contributed by atoms with E-state index in [9.17, 15) is 4.39 Å². The highest BCUT2D eigenvalue weighted by atomic mass is 32.2. The van der Waals surface area contributed by atoms with Crippen LogP contribution in [0.25, 0.3) is 16.7 Å². The van der Waals surface area contributed by atoms with Gasteiger partial charge in [-0.3, -0.25) is 0 Å². The largest absolute Gasteiger partial charge is 0.229 e. The van der Waals surface area contributed by atoms with E-state index >= 15 is 0 Å². The molecule has 0 spiro atoms. The summed E-state index contributed by atoms with van der Waals surface area (Å²) in [6, 6.07) is 6.13. The van der Waals surface area contributed by atoms with E-state index in [0.717, 1.165) is 16.1 Å². The van der Waals surface area contributed by atoms with Gasteiger partial charge in [-0.05, 0) is 31.2 Å². The van der Waals surface area contributed by atoms with Crippen LogP contribution in [0.1, 0.15) is 6.92 Å². The molecule has 0 atom stereocenters. The van der Waals surface area contributed by atoms with Crippen molar-refractivity contribution < 1.29 is 4.39 Å². The molecule has 2 aromatic heterocycles. The smallest absolute Gasteiger partial charge is 0.167 e. The summed E-state index contributed by atoms with van der Waals surface area (Å²) in [4.78, 5) is 8.55. The maximum Gasteiger partial charge on any atom is 0.167 e. The Labute approximate surface area is 125 Å². The molecule has 0 aliphatic rings. The summed E-state index contributed by atoms with van der Waals surface area (Å²) in [5.74, 6) is 6.23. The minimum Gasteiger partial charge on any atom is -0.229 e. The number of aromatic nitrogens is 4. The van der Waals surface area contributed by atoms with E-state index in [4.69, 9.17) is 0 Å². The minimum absolute atomic E-state index is 0.278. The Balaban J connectivity index is 2.03. The van der Waals surface area contributed by atoms with Gasteiger partial charge < -0.3 is 0 Å². The summed E-state index contributed by atoms with van der Waals surface area (Å²) in [5, 5.41) is 6.04. The summed E-state index contributed by atoms with van der Waals surface area (Å²) in [5.41, 5.74) is 1.46. The number of fused-ring (bicyclic) bond motifs is 1. The number of hydrogen-bond donors (Lipinski definition) is 0. The van der Waals surface area contributed by atoms with Crippen LogP contribution in [0.4, 0.5) is 4.39 Å². The molecule has 0 saturated carbocycles. The Hall–Kier alpha value is -2.39. The fourth-order valence-corrected chi connectivity index (χ4v) is 2.66. The van der Waals surface area contributed by atoms with Crippen molar-refractivity contribution in [1.29, 1.82) is 0 Å². The Morgan fingerprint density at radius 2 is 2.05 bits per heavy atom. The minimum atomic E-state index is -0.278. The quantitative estimate of drug-likeness (QED) is 0.423. The molecule has 3 aromatic rings. The molecule has 104 valence electrons. The van der Waals surface area contributed by atoms with Crippen LogP contribution in [-0.2, 0) is 0 Å². The number of nitrogens with zero attached hydrogens (tertiary/aromatic N) is 4. The highest BCUT2D eigenvalue weighted by molar-refractivity contribution is 7.99. The molecule has 0 fully saturated rings. The molecule has 6 heteroatoms. The van der Waals surface area contributed by atoms with E-state index in [-0.39, 0.29) is 5.82 Å². The molecule has 0 radical (unpaired) electrons. The van der Waals surface area contributed by atoms with E-state index in [0.29, 0.717) is 11.4 Å². The van der Waals surface area contributed by atoms with E-state index in [1.54, 1.807) is 34.8 Å². The average Bonchev–Trinajstić information content (AvgIpc) is 2.93. The number of thioether (sulfide) groups is 1. The van der Waals surface area contributed by atoms with Gasteiger partial charge in [0.25, 0.3) is 0 Å². The molecule has 21 heavy (non-hydrogen) atoms. The summed E-state index contributed by atoms with van der Waals surface area (Å²) in [6.07, 6.45) is 3.23. The van der Waals surface area contributed by atoms with Crippen LogP contribution in [0.15, 0.2) is 41.8 Å². The molecule has 4 nitrogen and oxygen atoms in total. The molecule has 0 unspecified atom stereocenters. The Bertz CT molecular complexity index is 830. The normalized spacial score (nSPS) is 10.4. The van der Waals surface area contributed by atoms with E-state index in [2.05, 4.69) is 26.9 Å². The summed E-state index contributed by atoms with van der Waals surface area (Å²) in [7, 11) is 0. The summed E-state index contributed by atoms with van der Waals surface area (Å²) >= 11 is 1.55. The van der Waals surface area contributed by atoms with E-state index < -0.39 is 0 Å². The van der Waals surface area contributed by atoms with Crippen molar-refractivity contribution in [2.45, 2.75) is 11.9 Å².